The summed E-state index contributed by atoms with van der Waals surface area (Å²) in [5.41, 5.74) is 0. The second-order valence-electron chi connectivity index (χ2n) is 29.5. The molecule has 17 nitrogen and oxygen atoms in total. The summed E-state index contributed by atoms with van der Waals surface area (Å²) in [6, 6.07) is 0. The average molecular weight is 1450 g/mol. The number of unbranched alkanes of at least 4 members (excludes halogenated alkanes) is 43. The Labute approximate surface area is 607 Å². The quantitative estimate of drug-likeness (QED) is 0.0222. The lowest BCUT2D eigenvalue weighted by atomic mass is 9.99. The first kappa shape index (κ1) is 97.1. The molecule has 0 aromatic heterocycles. The predicted octanol–water partition coefficient (Wildman–Crippen LogP) is 23.7. The van der Waals surface area contributed by atoms with Crippen molar-refractivity contribution in [1.82, 2.24) is 0 Å². The smallest absolute Gasteiger partial charge is 0.462 e. The second-order valence-corrected chi connectivity index (χ2v) is 32.4. The van der Waals surface area contributed by atoms with Gasteiger partial charge in [-0.25, -0.2) is 9.13 Å². The number of ether oxygens (including phenoxy) is 4. The summed E-state index contributed by atoms with van der Waals surface area (Å²) >= 11 is 0. The predicted molar refractivity (Wildman–Crippen MR) is 405 cm³/mol. The number of phosphoric ester groups is 2. The van der Waals surface area contributed by atoms with Crippen LogP contribution in [0.2, 0.25) is 0 Å². The SMILES string of the molecule is CCCCCCCCCCCC(=O)OC[C@H](COP(=O)(O)OC[C@H](O)COP(=O)(O)OC[C@@H](COC(=O)CCCCCCCCCCCCCCCCC(C)CC)OC(=O)CCCCCCCCCCCCCCCCC(C)CC)OC(=O)CCCCCCCCCCCCC(C)CC. The van der Waals surface area contributed by atoms with Crippen molar-refractivity contribution in [3.05, 3.63) is 0 Å². The molecule has 0 bridgehead atoms. The molecule has 0 radical (unpaired) electrons. The van der Waals surface area contributed by atoms with Crippen molar-refractivity contribution in [2.24, 2.45) is 17.8 Å². The number of rotatable bonds is 78. The number of carbonyl (C=O) groups excluding carboxylic acids is 4. The average Bonchev–Trinajstić information content (AvgIpc) is 0.945. The van der Waals surface area contributed by atoms with Crippen LogP contribution in [0.15, 0.2) is 0 Å². The maximum absolute atomic E-state index is 13.1. The summed E-state index contributed by atoms with van der Waals surface area (Å²) in [5.74, 6) is 0.386. The molecule has 3 N–H and O–H groups in total. The maximum atomic E-state index is 13.1. The van der Waals surface area contributed by atoms with Gasteiger partial charge < -0.3 is 33.8 Å². The lowest BCUT2D eigenvalue weighted by Crippen LogP contribution is -2.30. The molecular weight excluding hydrogens is 1290 g/mol. The van der Waals surface area contributed by atoms with Crippen LogP contribution in [0.3, 0.4) is 0 Å². The van der Waals surface area contributed by atoms with E-state index in [1.807, 2.05) is 0 Å². The van der Waals surface area contributed by atoms with Crippen LogP contribution in [-0.2, 0) is 65.4 Å². The first-order valence-corrected chi connectivity index (χ1v) is 44.5. The van der Waals surface area contributed by atoms with E-state index in [9.17, 15) is 43.2 Å². The third-order valence-electron chi connectivity index (χ3n) is 19.7. The summed E-state index contributed by atoms with van der Waals surface area (Å²) in [7, 11) is -9.92. The summed E-state index contributed by atoms with van der Waals surface area (Å²) in [5, 5.41) is 10.6. The van der Waals surface area contributed by atoms with Gasteiger partial charge >= 0.3 is 39.5 Å². The number of hydrogen-bond acceptors (Lipinski definition) is 15. The van der Waals surface area contributed by atoms with Gasteiger partial charge in [0.1, 0.15) is 19.3 Å². The Morgan fingerprint density at radius 1 is 0.283 bits per heavy atom. The fraction of sp³-hybridized carbons (Fsp3) is 0.950. The highest BCUT2D eigenvalue weighted by molar-refractivity contribution is 7.47. The van der Waals surface area contributed by atoms with Crippen LogP contribution in [0.4, 0.5) is 0 Å². The van der Waals surface area contributed by atoms with Crippen molar-refractivity contribution >= 4 is 39.5 Å². The van der Waals surface area contributed by atoms with Gasteiger partial charge in [-0.1, -0.05) is 363 Å². The second kappa shape index (κ2) is 70.4. The molecule has 0 rings (SSSR count). The molecule has 0 aliphatic heterocycles. The Morgan fingerprint density at radius 2 is 0.485 bits per heavy atom. The molecule has 8 atom stereocenters. The first-order chi connectivity index (χ1) is 47.8. The number of phosphoric acid groups is 2. The van der Waals surface area contributed by atoms with Crippen LogP contribution in [-0.4, -0.2) is 96.7 Å². The van der Waals surface area contributed by atoms with E-state index in [2.05, 4.69) is 48.5 Å². The molecule has 19 heteroatoms. The van der Waals surface area contributed by atoms with E-state index >= 15 is 0 Å². The van der Waals surface area contributed by atoms with Gasteiger partial charge in [-0.05, 0) is 43.4 Å². The number of hydrogen-bond donors (Lipinski definition) is 3. The van der Waals surface area contributed by atoms with E-state index in [0.29, 0.717) is 25.7 Å². The first-order valence-electron chi connectivity index (χ1n) is 41.5. The molecular formula is C80H156O17P2. The van der Waals surface area contributed by atoms with Crippen molar-refractivity contribution in [1.29, 1.82) is 0 Å². The van der Waals surface area contributed by atoms with Crippen LogP contribution >= 0.6 is 15.6 Å². The molecule has 99 heavy (non-hydrogen) atoms. The largest absolute Gasteiger partial charge is 0.472 e. The van der Waals surface area contributed by atoms with Crippen LogP contribution in [0.25, 0.3) is 0 Å². The van der Waals surface area contributed by atoms with Crippen LogP contribution in [0.5, 0.6) is 0 Å². The Bertz CT molecular complexity index is 1930. The Morgan fingerprint density at radius 3 is 0.717 bits per heavy atom. The number of carbonyl (C=O) groups is 4. The van der Waals surface area contributed by atoms with Crippen molar-refractivity contribution < 1.29 is 80.2 Å². The fourth-order valence-corrected chi connectivity index (χ4v) is 13.8. The Kier molecular flexibility index (Phi) is 69.0. The highest BCUT2D eigenvalue weighted by atomic mass is 31.2. The normalized spacial score (nSPS) is 14.8. The highest BCUT2D eigenvalue weighted by Crippen LogP contribution is 2.45. The molecule has 0 saturated carbocycles. The van der Waals surface area contributed by atoms with Gasteiger partial charge in [-0.15, -0.1) is 0 Å². The Hall–Kier alpha value is -1.94. The fourth-order valence-electron chi connectivity index (χ4n) is 12.2. The summed E-state index contributed by atoms with van der Waals surface area (Å²) in [6.45, 7) is 12.1. The van der Waals surface area contributed by atoms with Crippen LogP contribution < -0.4 is 0 Å². The molecule has 0 spiro atoms. The third-order valence-corrected chi connectivity index (χ3v) is 21.6. The van der Waals surface area contributed by atoms with Gasteiger partial charge in [0.2, 0.25) is 0 Å². The van der Waals surface area contributed by atoms with Crippen LogP contribution in [0, 0.1) is 17.8 Å². The van der Waals surface area contributed by atoms with Gasteiger partial charge in [0.25, 0.3) is 0 Å². The number of aliphatic hydroxyl groups excluding tert-OH is 1. The molecule has 0 aromatic rings. The standard InChI is InChI=1S/C80H156O17P2/c1-8-12-13-14-15-30-40-47-54-61-77(82)90-67-75(97-80(85)64-57-50-43-36-29-28-33-39-46-53-60-73(7)11-4)69-94-98(86,87)92-65-74(81)66-93-99(88,89)95-70-76(96-79(84)63-56-49-42-35-27-23-19-17-21-25-32-38-45-52-59-72(6)10-3)68-91-78(83)62-55-48-41-34-26-22-18-16-20-24-31-37-44-51-58-71(5)9-2/h71-76,81H,8-70H2,1-7H3,(H,86,87)(H,88,89)/t71?,72?,73?,74-,75+,76+/m0/s1. The van der Waals surface area contributed by atoms with E-state index in [1.165, 1.54) is 225 Å². The van der Waals surface area contributed by atoms with Gasteiger partial charge in [-0.2, -0.15) is 0 Å². The molecule has 0 saturated heterocycles. The minimum atomic E-state index is -4.96. The zero-order valence-electron chi connectivity index (χ0n) is 65.0. The minimum Gasteiger partial charge on any atom is -0.462 e. The summed E-state index contributed by atoms with van der Waals surface area (Å²) in [6.07, 6.45) is 58.0. The van der Waals surface area contributed by atoms with Crippen molar-refractivity contribution in [2.75, 3.05) is 39.6 Å². The lowest BCUT2D eigenvalue weighted by molar-refractivity contribution is -0.161. The lowest BCUT2D eigenvalue weighted by Gasteiger charge is -2.21. The topological polar surface area (TPSA) is 237 Å². The molecule has 0 heterocycles. The van der Waals surface area contributed by atoms with Gasteiger partial charge in [-0.3, -0.25) is 37.3 Å². The number of aliphatic hydroxyl groups is 1. The van der Waals surface area contributed by atoms with E-state index < -0.39 is 97.5 Å². The highest BCUT2D eigenvalue weighted by Gasteiger charge is 2.30. The van der Waals surface area contributed by atoms with E-state index in [-0.39, 0.29) is 25.7 Å². The van der Waals surface area contributed by atoms with Crippen molar-refractivity contribution in [2.45, 2.75) is 433 Å². The zero-order valence-corrected chi connectivity index (χ0v) is 66.8. The van der Waals surface area contributed by atoms with Gasteiger partial charge in [0.15, 0.2) is 12.2 Å². The van der Waals surface area contributed by atoms with E-state index in [0.717, 1.165) is 108 Å². The molecule has 0 amide bonds. The van der Waals surface area contributed by atoms with Crippen molar-refractivity contribution in [3.63, 3.8) is 0 Å². The Balaban J connectivity index is 5.24. The summed E-state index contributed by atoms with van der Waals surface area (Å²) in [4.78, 5) is 72.9. The van der Waals surface area contributed by atoms with Crippen molar-refractivity contribution in [3.8, 4) is 0 Å². The van der Waals surface area contributed by atoms with Gasteiger partial charge in [0, 0.05) is 25.7 Å². The minimum absolute atomic E-state index is 0.106. The molecule has 5 unspecified atom stereocenters. The number of esters is 4. The molecule has 0 aromatic carbocycles. The van der Waals surface area contributed by atoms with Gasteiger partial charge in [0.05, 0.1) is 26.4 Å². The van der Waals surface area contributed by atoms with Crippen LogP contribution in [0.1, 0.15) is 414 Å². The molecule has 0 fully saturated rings. The third kappa shape index (κ3) is 70.2. The molecule has 0 aliphatic rings. The van der Waals surface area contributed by atoms with E-state index in [4.69, 9.17) is 37.0 Å². The maximum Gasteiger partial charge on any atom is 0.472 e. The summed E-state index contributed by atoms with van der Waals surface area (Å²) < 4.78 is 68.7. The molecule has 0 aliphatic carbocycles. The zero-order chi connectivity index (χ0) is 73.0. The van der Waals surface area contributed by atoms with E-state index in [1.54, 1.807) is 0 Å². The monoisotopic (exact) mass is 1450 g/mol. The molecule has 588 valence electrons.